The normalized spacial score (nSPS) is 12.0. The Bertz CT molecular complexity index is 3370. The molecule has 0 fully saturated rings. The summed E-state index contributed by atoms with van der Waals surface area (Å²) in [6, 6.07) is 58.4. The lowest BCUT2D eigenvalue weighted by atomic mass is 9.94. The highest BCUT2D eigenvalue weighted by Gasteiger charge is 2.21. The summed E-state index contributed by atoms with van der Waals surface area (Å²) in [4.78, 5) is 10.8. The molecule has 0 aliphatic rings. The minimum Gasteiger partial charge on any atom is -0.456 e. The fourth-order valence-electron chi connectivity index (χ4n) is 8.39. The van der Waals surface area contributed by atoms with E-state index in [1.165, 1.54) is 5.39 Å². The number of furan rings is 3. The summed E-state index contributed by atoms with van der Waals surface area (Å²) in [5.74, 6) is 0.603. The smallest absolute Gasteiger partial charge is 0.161 e. The van der Waals surface area contributed by atoms with Crippen molar-refractivity contribution in [2.24, 2.45) is 0 Å². The standard InChI is InChI=1S/C50H28N2O3/c1-2-12-29(13-3-1)37-25-32(27-46-49(37)38-24-30-14-4-5-15-31(30)26-45(38)55-46)39-28-40(33-18-10-22-43-47(33)34-16-6-8-20-41(34)53-43)52-50(51-39)36-19-11-23-44-48(36)35-17-7-9-21-42(35)54-44/h1-28H. The molecule has 0 saturated heterocycles. The Kier molecular flexibility index (Phi) is 6.27. The Morgan fingerprint density at radius 2 is 0.873 bits per heavy atom. The molecule has 0 N–H and O–H groups in total. The van der Waals surface area contributed by atoms with Gasteiger partial charge in [0.05, 0.1) is 11.4 Å². The molecular formula is C50H28N2O3. The van der Waals surface area contributed by atoms with Crippen LogP contribution in [0, 0.1) is 0 Å². The van der Waals surface area contributed by atoms with E-state index in [2.05, 4.69) is 109 Å². The molecule has 0 aliphatic carbocycles. The molecule has 5 nitrogen and oxygen atoms in total. The third kappa shape index (κ3) is 4.60. The number of hydrogen-bond acceptors (Lipinski definition) is 5. The molecule has 0 unspecified atom stereocenters. The Morgan fingerprint density at radius 3 is 1.62 bits per heavy atom. The van der Waals surface area contributed by atoms with E-state index in [0.717, 1.165) is 110 Å². The summed E-state index contributed by atoms with van der Waals surface area (Å²) >= 11 is 0. The van der Waals surface area contributed by atoms with Crippen molar-refractivity contribution in [2.45, 2.75) is 0 Å². The summed E-state index contributed by atoms with van der Waals surface area (Å²) in [5.41, 5.74) is 11.5. The van der Waals surface area contributed by atoms with Gasteiger partial charge in [0, 0.05) is 49.0 Å². The van der Waals surface area contributed by atoms with Gasteiger partial charge in [-0.15, -0.1) is 0 Å². The second-order valence-electron chi connectivity index (χ2n) is 14.1. The van der Waals surface area contributed by atoms with Gasteiger partial charge in [0.25, 0.3) is 0 Å². The molecule has 4 heterocycles. The maximum atomic E-state index is 6.74. The van der Waals surface area contributed by atoms with Gasteiger partial charge in [0.2, 0.25) is 0 Å². The molecule has 0 amide bonds. The fourth-order valence-corrected chi connectivity index (χ4v) is 8.39. The van der Waals surface area contributed by atoms with Crippen LogP contribution in [0.5, 0.6) is 0 Å². The average Bonchev–Trinajstić information content (AvgIpc) is 3.93. The average molecular weight is 705 g/mol. The SMILES string of the molecule is c1ccc(-c2cc(-c3cc(-c4cccc5oc6ccccc6c45)nc(-c4cccc5oc6ccccc6c45)n3)cc3oc4cc5ccccc5cc4c23)cc1. The van der Waals surface area contributed by atoms with Crippen molar-refractivity contribution < 1.29 is 13.3 Å². The van der Waals surface area contributed by atoms with Crippen molar-refractivity contribution in [1.82, 2.24) is 9.97 Å². The van der Waals surface area contributed by atoms with E-state index in [4.69, 9.17) is 23.2 Å². The third-order valence-corrected chi connectivity index (χ3v) is 10.9. The van der Waals surface area contributed by atoms with Crippen molar-refractivity contribution in [3.8, 4) is 45.0 Å². The van der Waals surface area contributed by atoms with E-state index in [0.29, 0.717) is 5.82 Å². The first-order valence-electron chi connectivity index (χ1n) is 18.4. The number of rotatable bonds is 4. The van der Waals surface area contributed by atoms with Crippen molar-refractivity contribution in [3.05, 3.63) is 170 Å². The van der Waals surface area contributed by atoms with Crippen molar-refractivity contribution >= 4 is 76.6 Å². The van der Waals surface area contributed by atoms with Gasteiger partial charge >= 0.3 is 0 Å². The number of benzene rings is 8. The second kappa shape index (κ2) is 11.5. The first-order chi connectivity index (χ1) is 27.2. The molecule has 0 saturated carbocycles. The largest absolute Gasteiger partial charge is 0.456 e. The molecule has 4 aromatic heterocycles. The van der Waals surface area contributed by atoms with E-state index in [1.807, 2.05) is 60.7 Å². The van der Waals surface area contributed by atoms with Crippen LogP contribution in [0.25, 0.3) is 122 Å². The lowest BCUT2D eigenvalue weighted by molar-refractivity contribution is 0.668. The lowest BCUT2D eigenvalue weighted by Gasteiger charge is -2.12. The number of aromatic nitrogens is 2. The molecule has 5 heteroatoms. The molecule has 0 radical (unpaired) electrons. The van der Waals surface area contributed by atoms with Crippen LogP contribution in [0.1, 0.15) is 0 Å². The van der Waals surface area contributed by atoms with Crippen LogP contribution in [-0.2, 0) is 0 Å². The number of para-hydroxylation sites is 2. The van der Waals surface area contributed by atoms with Crippen molar-refractivity contribution in [1.29, 1.82) is 0 Å². The van der Waals surface area contributed by atoms with Crippen LogP contribution >= 0.6 is 0 Å². The second-order valence-corrected chi connectivity index (χ2v) is 14.1. The molecule has 0 bridgehead atoms. The van der Waals surface area contributed by atoms with Crippen LogP contribution in [-0.4, -0.2) is 9.97 Å². The molecule has 12 rings (SSSR count). The van der Waals surface area contributed by atoms with Crippen LogP contribution in [0.4, 0.5) is 0 Å². The molecule has 8 aromatic carbocycles. The van der Waals surface area contributed by atoms with Gasteiger partial charge in [0.1, 0.15) is 33.5 Å². The van der Waals surface area contributed by atoms with Crippen LogP contribution in [0.15, 0.2) is 183 Å². The molecule has 0 spiro atoms. The Balaban J connectivity index is 1.18. The van der Waals surface area contributed by atoms with Crippen LogP contribution in [0.3, 0.4) is 0 Å². The first kappa shape index (κ1) is 30.0. The van der Waals surface area contributed by atoms with E-state index in [-0.39, 0.29) is 0 Å². The summed E-state index contributed by atoms with van der Waals surface area (Å²) in [6.07, 6.45) is 0. The number of nitrogens with zero attached hydrogens (tertiary/aromatic N) is 2. The highest BCUT2D eigenvalue weighted by Crippen LogP contribution is 2.44. The number of hydrogen-bond donors (Lipinski definition) is 0. The summed E-state index contributed by atoms with van der Waals surface area (Å²) in [6.45, 7) is 0. The van der Waals surface area contributed by atoms with E-state index < -0.39 is 0 Å². The van der Waals surface area contributed by atoms with Crippen molar-refractivity contribution in [3.63, 3.8) is 0 Å². The quantitative estimate of drug-likeness (QED) is 0.182. The van der Waals surface area contributed by atoms with E-state index >= 15 is 0 Å². The zero-order valence-electron chi connectivity index (χ0n) is 29.3. The monoisotopic (exact) mass is 704 g/mol. The fraction of sp³-hybridized carbons (Fsp3) is 0. The molecule has 0 atom stereocenters. The lowest BCUT2D eigenvalue weighted by Crippen LogP contribution is -1.97. The van der Waals surface area contributed by atoms with Crippen molar-refractivity contribution in [2.75, 3.05) is 0 Å². The topological polar surface area (TPSA) is 65.2 Å². The zero-order valence-corrected chi connectivity index (χ0v) is 29.3. The summed E-state index contributed by atoms with van der Waals surface area (Å²) < 4.78 is 19.4. The highest BCUT2D eigenvalue weighted by atomic mass is 16.3. The van der Waals surface area contributed by atoms with Gasteiger partial charge in [-0.25, -0.2) is 9.97 Å². The predicted molar refractivity (Wildman–Crippen MR) is 223 cm³/mol. The molecule has 55 heavy (non-hydrogen) atoms. The number of fused-ring (bicyclic) bond motifs is 10. The van der Waals surface area contributed by atoms with Gasteiger partial charge in [-0.2, -0.15) is 0 Å². The summed E-state index contributed by atoms with van der Waals surface area (Å²) in [7, 11) is 0. The third-order valence-electron chi connectivity index (χ3n) is 10.9. The van der Waals surface area contributed by atoms with Gasteiger partial charge in [-0.1, -0.05) is 115 Å². The van der Waals surface area contributed by atoms with Crippen LogP contribution in [0.2, 0.25) is 0 Å². The maximum absolute atomic E-state index is 6.74. The molecular weight excluding hydrogens is 677 g/mol. The Hall–Kier alpha value is -7.50. The van der Waals surface area contributed by atoms with Gasteiger partial charge in [0.15, 0.2) is 5.82 Å². The Morgan fingerprint density at radius 1 is 0.309 bits per heavy atom. The minimum atomic E-state index is 0.603. The predicted octanol–water partition coefficient (Wildman–Crippen LogP) is 14.0. The summed E-state index contributed by atoms with van der Waals surface area (Å²) in [5, 5.41) is 8.54. The first-order valence-corrected chi connectivity index (χ1v) is 18.4. The highest BCUT2D eigenvalue weighted by molar-refractivity contribution is 6.17. The van der Waals surface area contributed by atoms with Gasteiger partial charge < -0.3 is 13.3 Å². The molecule has 12 aromatic rings. The maximum Gasteiger partial charge on any atom is 0.161 e. The Labute approximate surface area is 313 Å². The minimum absolute atomic E-state index is 0.603. The van der Waals surface area contributed by atoms with Crippen LogP contribution < -0.4 is 0 Å². The molecule has 0 aliphatic heterocycles. The van der Waals surface area contributed by atoms with Gasteiger partial charge in [-0.05, 0) is 76.5 Å². The zero-order chi connectivity index (χ0) is 36.0. The van der Waals surface area contributed by atoms with E-state index in [9.17, 15) is 0 Å². The van der Waals surface area contributed by atoms with E-state index in [1.54, 1.807) is 0 Å². The molecule has 256 valence electrons. The van der Waals surface area contributed by atoms with Gasteiger partial charge in [-0.3, -0.25) is 0 Å².